The highest BCUT2D eigenvalue weighted by Crippen LogP contribution is 2.26. The minimum Gasteiger partial charge on any atom is -0.478 e. The summed E-state index contributed by atoms with van der Waals surface area (Å²) in [5.74, 6) is -1.20. The van der Waals surface area contributed by atoms with E-state index in [1.165, 1.54) is 12.1 Å². The maximum Gasteiger partial charge on any atom is 0.335 e. The molecule has 0 aliphatic heterocycles. The van der Waals surface area contributed by atoms with Gasteiger partial charge < -0.3 is 5.11 Å². The van der Waals surface area contributed by atoms with Crippen LogP contribution in [-0.2, 0) is 6.54 Å². The summed E-state index contributed by atoms with van der Waals surface area (Å²) in [4.78, 5) is 21.3. The second-order valence-electron chi connectivity index (χ2n) is 4.32. The molecule has 0 saturated carbocycles. The van der Waals surface area contributed by atoms with Crippen molar-refractivity contribution in [3.8, 4) is 11.1 Å². The lowest BCUT2D eigenvalue weighted by Crippen LogP contribution is -1.99. The Bertz CT molecular complexity index is 631. The number of carboxylic acids is 1. The van der Waals surface area contributed by atoms with Crippen LogP contribution in [0.3, 0.4) is 0 Å². The molecule has 1 aromatic heterocycles. The van der Waals surface area contributed by atoms with Gasteiger partial charge in [-0.3, -0.25) is 14.8 Å². The zero-order valence-corrected chi connectivity index (χ0v) is 10.8. The first-order valence-corrected chi connectivity index (χ1v) is 6.07. The first kappa shape index (κ1) is 13.7. The summed E-state index contributed by atoms with van der Waals surface area (Å²) in [6, 6.07) is 3.80. The van der Waals surface area contributed by atoms with Crippen molar-refractivity contribution in [1.82, 2.24) is 9.78 Å². The number of nitro groups is 1. The molecule has 0 aliphatic rings. The van der Waals surface area contributed by atoms with Gasteiger partial charge in [-0.1, -0.05) is 6.92 Å². The summed E-state index contributed by atoms with van der Waals surface area (Å²) >= 11 is 0. The topological polar surface area (TPSA) is 98.3 Å². The average molecular weight is 275 g/mol. The van der Waals surface area contributed by atoms with Gasteiger partial charge in [-0.25, -0.2) is 4.79 Å². The standard InChI is InChI=1S/C13H13N3O4/c1-2-3-15-8-11(7-14-15)9-4-10(13(17)18)6-12(5-9)16(19)20/h4-8H,2-3H2,1H3,(H,17,18). The maximum absolute atomic E-state index is 11.0. The number of rotatable bonds is 5. The molecule has 7 heteroatoms. The maximum atomic E-state index is 11.0. The van der Waals surface area contributed by atoms with E-state index in [2.05, 4.69) is 5.10 Å². The van der Waals surface area contributed by atoms with Gasteiger partial charge in [0.25, 0.3) is 5.69 Å². The molecule has 1 heterocycles. The molecule has 0 saturated heterocycles. The molecular weight excluding hydrogens is 262 g/mol. The van der Waals surface area contributed by atoms with E-state index in [0.717, 1.165) is 19.0 Å². The van der Waals surface area contributed by atoms with E-state index in [1.807, 2.05) is 6.92 Å². The van der Waals surface area contributed by atoms with Gasteiger partial charge in [0.2, 0.25) is 0 Å². The Morgan fingerprint density at radius 1 is 1.40 bits per heavy atom. The first-order chi connectivity index (χ1) is 9.51. The van der Waals surface area contributed by atoms with Crippen molar-refractivity contribution in [2.75, 3.05) is 0 Å². The molecule has 0 atom stereocenters. The van der Waals surface area contributed by atoms with Gasteiger partial charge in [-0.05, 0) is 18.1 Å². The highest BCUT2D eigenvalue weighted by molar-refractivity contribution is 5.90. The van der Waals surface area contributed by atoms with Gasteiger partial charge in [-0.15, -0.1) is 0 Å². The lowest BCUT2D eigenvalue weighted by atomic mass is 10.1. The van der Waals surface area contributed by atoms with Crippen LogP contribution >= 0.6 is 0 Å². The molecule has 2 rings (SSSR count). The highest BCUT2D eigenvalue weighted by atomic mass is 16.6. The normalized spacial score (nSPS) is 10.4. The minimum absolute atomic E-state index is 0.113. The van der Waals surface area contributed by atoms with Gasteiger partial charge in [0, 0.05) is 30.4 Å². The molecular formula is C13H13N3O4. The zero-order valence-electron chi connectivity index (χ0n) is 10.8. The molecule has 0 aliphatic carbocycles. The number of hydrogen-bond donors (Lipinski definition) is 1. The molecule has 0 unspecified atom stereocenters. The third-order valence-corrected chi connectivity index (χ3v) is 2.79. The lowest BCUT2D eigenvalue weighted by Gasteiger charge is -2.01. The molecule has 1 aromatic carbocycles. The van der Waals surface area contributed by atoms with Gasteiger partial charge in [-0.2, -0.15) is 5.10 Å². The Morgan fingerprint density at radius 3 is 2.75 bits per heavy atom. The van der Waals surface area contributed by atoms with Crippen LogP contribution in [0.1, 0.15) is 23.7 Å². The third kappa shape index (κ3) is 2.82. The Kier molecular flexibility index (Phi) is 3.79. The fourth-order valence-corrected chi connectivity index (χ4v) is 1.87. The van der Waals surface area contributed by atoms with Crippen molar-refractivity contribution in [3.63, 3.8) is 0 Å². The van der Waals surface area contributed by atoms with E-state index in [4.69, 9.17) is 5.11 Å². The van der Waals surface area contributed by atoms with E-state index < -0.39 is 10.9 Å². The SMILES string of the molecule is CCCn1cc(-c2cc(C(=O)O)cc([N+](=O)[O-])c2)cn1. The largest absolute Gasteiger partial charge is 0.478 e. The van der Waals surface area contributed by atoms with Gasteiger partial charge in [0.15, 0.2) is 0 Å². The quantitative estimate of drug-likeness (QED) is 0.667. The number of hydrogen-bond acceptors (Lipinski definition) is 4. The minimum atomic E-state index is -1.20. The van der Waals surface area contributed by atoms with Crippen molar-refractivity contribution in [3.05, 3.63) is 46.3 Å². The number of aromatic nitrogens is 2. The van der Waals surface area contributed by atoms with Crippen LogP contribution in [0.25, 0.3) is 11.1 Å². The van der Waals surface area contributed by atoms with Crippen LogP contribution in [0.15, 0.2) is 30.6 Å². The van der Waals surface area contributed by atoms with Crippen molar-refractivity contribution in [2.45, 2.75) is 19.9 Å². The second kappa shape index (κ2) is 5.52. The molecule has 0 spiro atoms. The number of carbonyl (C=O) groups is 1. The number of aromatic carboxylic acids is 1. The van der Waals surface area contributed by atoms with Crippen LogP contribution < -0.4 is 0 Å². The molecule has 2 aromatic rings. The Labute approximate surface area is 114 Å². The van der Waals surface area contributed by atoms with E-state index in [-0.39, 0.29) is 11.3 Å². The van der Waals surface area contributed by atoms with Gasteiger partial charge >= 0.3 is 5.97 Å². The van der Waals surface area contributed by atoms with Crippen molar-refractivity contribution in [2.24, 2.45) is 0 Å². The summed E-state index contributed by atoms with van der Waals surface area (Å²) in [6.45, 7) is 2.75. The molecule has 0 radical (unpaired) electrons. The zero-order chi connectivity index (χ0) is 14.7. The third-order valence-electron chi connectivity index (χ3n) is 2.79. The molecule has 0 amide bonds. The van der Waals surface area contributed by atoms with Crippen molar-refractivity contribution in [1.29, 1.82) is 0 Å². The molecule has 0 bridgehead atoms. The smallest absolute Gasteiger partial charge is 0.335 e. The lowest BCUT2D eigenvalue weighted by molar-refractivity contribution is -0.384. The van der Waals surface area contributed by atoms with E-state index in [9.17, 15) is 14.9 Å². The predicted molar refractivity (Wildman–Crippen MR) is 71.6 cm³/mol. The fourth-order valence-electron chi connectivity index (χ4n) is 1.87. The van der Waals surface area contributed by atoms with Crippen LogP contribution in [0.2, 0.25) is 0 Å². The van der Waals surface area contributed by atoms with Gasteiger partial charge in [0.05, 0.1) is 16.7 Å². The van der Waals surface area contributed by atoms with Crippen molar-refractivity contribution >= 4 is 11.7 Å². The van der Waals surface area contributed by atoms with Crippen LogP contribution in [0, 0.1) is 10.1 Å². The van der Waals surface area contributed by atoms with E-state index >= 15 is 0 Å². The summed E-state index contributed by atoms with van der Waals surface area (Å²) in [6.07, 6.45) is 4.23. The monoisotopic (exact) mass is 275 g/mol. The Hall–Kier alpha value is -2.70. The van der Waals surface area contributed by atoms with E-state index in [0.29, 0.717) is 11.1 Å². The fraction of sp³-hybridized carbons (Fsp3) is 0.231. The van der Waals surface area contributed by atoms with Gasteiger partial charge in [0.1, 0.15) is 0 Å². The number of nitro benzene ring substituents is 1. The van der Waals surface area contributed by atoms with Crippen LogP contribution in [-0.4, -0.2) is 25.8 Å². The number of non-ortho nitro benzene ring substituents is 1. The second-order valence-corrected chi connectivity index (χ2v) is 4.32. The number of aryl methyl sites for hydroxylation is 1. The van der Waals surface area contributed by atoms with Crippen LogP contribution in [0.4, 0.5) is 5.69 Å². The Morgan fingerprint density at radius 2 is 2.15 bits per heavy atom. The van der Waals surface area contributed by atoms with E-state index in [1.54, 1.807) is 17.1 Å². The number of carboxylic acid groups (broad SMARTS) is 1. The molecule has 0 fully saturated rings. The first-order valence-electron chi connectivity index (χ1n) is 6.07. The predicted octanol–water partition coefficient (Wildman–Crippen LogP) is 2.57. The highest BCUT2D eigenvalue weighted by Gasteiger charge is 2.15. The molecule has 7 nitrogen and oxygen atoms in total. The number of nitrogens with zero attached hydrogens (tertiary/aromatic N) is 3. The summed E-state index contributed by atoms with van der Waals surface area (Å²) < 4.78 is 1.72. The van der Waals surface area contributed by atoms with Crippen molar-refractivity contribution < 1.29 is 14.8 Å². The average Bonchev–Trinajstić information content (AvgIpc) is 2.87. The summed E-state index contributed by atoms with van der Waals surface area (Å²) in [5.41, 5.74) is 0.768. The molecule has 20 heavy (non-hydrogen) atoms. The summed E-state index contributed by atoms with van der Waals surface area (Å²) in [5, 5.41) is 24.0. The molecule has 104 valence electrons. The number of benzene rings is 1. The van der Waals surface area contributed by atoms with Crippen LogP contribution in [0.5, 0.6) is 0 Å². The summed E-state index contributed by atoms with van der Waals surface area (Å²) in [7, 11) is 0. The Balaban J connectivity index is 2.48. The molecule has 1 N–H and O–H groups in total.